The molecule has 13 heavy (non-hydrogen) atoms. The van der Waals surface area contributed by atoms with Crippen molar-refractivity contribution in [2.45, 2.75) is 6.92 Å². The van der Waals surface area contributed by atoms with Crippen LogP contribution in [0.15, 0.2) is 0 Å². The zero-order valence-corrected chi connectivity index (χ0v) is 8.07. The van der Waals surface area contributed by atoms with Gasteiger partial charge in [-0.1, -0.05) is 0 Å². The number of anilines is 1. The summed E-state index contributed by atoms with van der Waals surface area (Å²) in [5.41, 5.74) is 0.261. The average molecular weight is 199 g/mol. The van der Waals surface area contributed by atoms with Gasteiger partial charge in [0.25, 0.3) is 5.91 Å². The number of amides is 2. The van der Waals surface area contributed by atoms with Gasteiger partial charge in [-0.3, -0.25) is 9.59 Å². The number of nitrogens with zero attached hydrogens (tertiary/aromatic N) is 1. The molecular weight excluding hydrogens is 190 g/mol. The predicted octanol–water partition coefficient (Wildman–Crippen LogP) is 0.379. The predicted molar refractivity (Wildman–Crippen MR) is 49.9 cm³/mol. The molecule has 0 aromatic carbocycles. The minimum absolute atomic E-state index is 0.261. The summed E-state index contributed by atoms with van der Waals surface area (Å²) in [4.78, 5) is 25.4. The molecule has 2 N–H and O–H groups in total. The minimum atomic E-state index is -0.298. The van der Waals surface area contributed by atoms with Gasteiger partial charge in [0.05, 0.1) is 5.01 Å². The van der Waals surface area contributed by atoms with Gasteiger partial charge >= 0.3 is 0 Å². The number of rotatable bonds is 3. The Balaban J connectivity index is 3.03. The van der Waals surface area contributed by atoms with E-state index in [-0.39, 0.29) is 11.6 Å². The fraction of sp³-hybridized carbons (Fsp3) is 0.286. The molecule has 1 aromatic rings. The molecule has 0 aliphatic rings. The normalized spacial score (nSPS) is 9.38. The largest absolute Gasteiger partial charge is 0.354 e. The molecule has 0 saturated carbocycles. The van der Waals surface area contributed by atoms with Crippen LogP contribution < -0.4 is 10.6 Å². The summed E-state index contributed by atoms with van der Waals surface area (Å²) in [7, 11) is 1.52. The lowest BCUT2D eigenvalue weighted by molar-refractivity contribution is -0.105. The maximum absolute atomic E-state index is 11.2. The summed E-state index contributed by atoms with van der Waals surface area (Å²) in [6, 6.07) is 0. The van der Waals surface area contributed by atoms with E-state index in [9.17, 15) is 9.59 Å². The van der Waals surface area contributed by atoms with Crippen molar-refractivity contribution in [2.24, 2.45) is 0 Å². The average Bonchev–Trinajstić information content (AvgIpc) is 2.46. The summed E-state index contributed by atoms with van der Waals surface area (Å²) in [5, 5.41) is 6.09. The second kappa shape index (κ2) is 3.99. The molecule has 0 bridgehead atoms. The van der Waals surface area contributed by atoms with Crippen molar-refractivity contribution in [1.29, 1.82) is 0 Å². The smallest absolute Gasteiger partial charge is 0.272 e. The van der Waals surface area contributed by atoms with E-state index in [1.54, 1.807) is 6.92 Å². The van der Waals surface area contributed by atoms with Crippen LogP contribution >= 0.6 is 11.3 Å². The Kier molecular flexibility index (Phi) is 2.97. The molecular formula is C7H9N3O2S. The quantitative estimate of drug-likeness (QED) is 0.691. The maximum Gasteiger partial charge on any atom is 0.272 e. The summed E-state index contributed by atoms with van der Waals surface area (Å²) in [5.74, 6) is -0.298. The van der Waals surface area contributed by atoms with Gasteiger partial charge in [-0.25, -0.2) is 4.98 Å². The second-order valence-electron chi connectivity index (χ2n) is 2.25. The van der Waals surface area contributed by atoms with Gasteiger partial charge in [0, 0.05) is 7.05 Å². The molecule has 1 aromatic heterocycles. The van der Waals surface area contributed by atoms with E-state index in [1.165, 1.54) is 18.4 Å². The van der Waals surface area contributed by atoms with Crippen molar-refractivity contribution in [1.82, 2.24) is 10.3 Å². The monoisotopic (exact) mass is 199 g/mol. The number of carbonyl (C=O) groups is 2. The van der Waals surface area contributed by atoms with E-state index in [0.29, 0.717) is 11.4 Å². The zero-order chi connectivity index (χ0) is 9.84. The van der Waals surface area contributed by atoms with Gasteiger partial charge < -0.3 is 10.6 Å². The standard InChI is InChI=1S/C7H9N3O2S/c1-4-10-5(6(12)8-2)7(13-4)9-3-11/h3H,1-2H3,(H,8,12)(H,9,11). The molecule has 0 spiro atoms. The Labute approximate surface area is 79.2 Å². The summed E-state index contributed by atoms with van der Waals surface area (Å²) >= 11 is 1.27. The Hall–Kier alpha value is -1.43. The maximum atomic E-state index is 11.2. The van der Waals surface area contributed by atoms with Crippen molar-refractivity contribution in [3.8, 4) is 0 Å². The molecule has 0 aliphatic carbocycles. The van der Waals surface area contributed by atoms with E-state index in [4.69, 9.17) is 0 Å². The third-order valence-corrected chi connectivity index (χ3v) is 2.27. The molecule has 6 heteroatoms. The van der Waals surface area contributed by atoms with Crippen LogP contribution in [0.25, 0.3) is 0 Å². The molecule has 0 saturated heterocycles. The lowest BCUT2D eigenvalue weighted by Gasteiger charge is -1.97. The number of hydrogen-bond acceptors (Lipinski definition) is 4. The SMILES string of the molecule is CNC(=O)c1nc(C)sc1NC=O. The Morgan fingerprint density at radius 2 is 2.31 bits per heavy atom. The first-order valence-electron chi connectivity index (χ1n) is 3.58. The van der Waals surface area contributed by atoms with Crippen LogP contribution in [0.3, 0.4) is 0 Å². The molecule has 0 aliphatic heterocycles. The van der Waals surface area contributed by atoms with E-state index in [0.717, 1.165) is 5.01 Å². The van der Waals surface area contributed by atoms with Gasteiger partial charge in [0.1, 0.15) is 5.00 Å². The molecule has 1 rings (SSSR count). The van der Waals surface area contributed by atoms with Gasteiger partial charge in [-0.05, 0) is 6.92 Å². The number of nitrogens with one attached hydrogen (secondary N) is 2. The molecule has 5 nitrogen and oxygen atoms in total. The van der Waals surface area contributed by atoms with Crippen LogP contribution in [0.1, 0.15) is 15.5 Å². The molecule has 0 fully saturated rings. The fourth-order valence-electron chi connectivity index (χ4n) is 0.851. The second-order valence-corrected chi connectivity index (χ2v) is 3.46. The summed E-state index contributed by atoms with van der Waals surface area (Å²) in [6.07, 6.45) is 0.527. The Bertz CT molecular complexity index is 334. The highest BCUT2D eigenvalue weighted by Crippen LogP contribution is 2.23. The summed E-state index contributed by atoms with van der Waals surface area (Å²) < 4.78 is 0. The van der Waals surface area contributed by atoms with Crippen LogP contribution in [0, 0.1) is 6.92 Å². The van der Waals surface area contributed by atoms with Crippen molar-refractivity contribution in [3.05, 3.63) is 10.7 Å². The van der Waals surface area contributed by atoms with Crippen LogP contribution in [0.4, 0.5) is 5.00 Å². The van der Waals surface area contributed by atoms with Crippen LogP contribution in [0.2, 0.25) is 0 Å². The third kappa shape index (κ3) is 2.03. The van der Waals surface area contributed by atoms with E-state index < -0.39 is 0 Å². The first kappa shape index (κ1) is 9.66. The molecule has 0 atom stereocenters. The topological polar surface area (TPSA) is 71.1 Å². The molecule has 0 unspecified atom stereocenters. The van der Waals surface area contributed by atoms with E-state index in [2.05, 4.69) is 15.6 Å². The van der Waals surface area contributed by atoms with Crippen LogP contribution in [-0.4, -0.2) is 24.3 Å². The van der Waals surface area contributed by atoms with Gasteiger partial charge in [-0.15, -0.1) is 11.3 Å². The number of aryl methyl sites for hydroxylation is 1. The third-order valence-electron chi connectivity index (χ3n) is 1.37. The van der Waals surface area contributed by atoms with E-state index >= 15 is 0 Å². The van der Waals surface area contributed by atoms with Crippen LogP contribution in [-0.2, 0) is 4.79 Å². The van der Waals surface area contributed by atoms with Crippen molar-refractivity contribution >= 4 is 28.7 Å². The fourth-order valence-corrected chi connectivity index (χ4v) is 1.63. The molecule has 1 heterocycles. The van der Waals surface area contributed by atoms with E-state index in [1.807, 2.05) is 0 Å². The van der Waals surface area contributed by atoms with Crippen LogP contribution in [0.5, 0.6) is 0 Å². The number of aromatic nitrogens is 1. The van der Waals surface area contributed by atoms with Crippen molar-refractivity contribution in [2.75, 3.05) is 12.4 Å². The number of thiazole rings is 1. The Morgan fingerprint density at radius 3 is 2.85 bits per heavy atom. The molecule has 70 valence electrons. The van der Waals surface area contributed by atoms with Gasteiger partial charge in [-0.2, -0.15) is 0 Å². The summed E-state index contributed by atoms with van der Waals surface area (Å²) in [6.45, 7) is 1.77. The molecule has 2 amide bonds. The first-order valence-corrected chi connectivity index (χ1v) is 4.40. The zero-order valence-electron chi connectivity index (χ0n) is 7.25. The highest BCUT2D eigenvalue weighted by atomic mass is 32.1. The van der Waals surface area contributed by atoms with Crippen molar-refractivity contribution < 1.29 is 9.59 Å². The highest BCUT2D eigenvalue weighted by molar-refractivity contribution is 7.16. The molecule has 0 radical (unpaired) electrons. The van der Waals surface area contributed by atoms with Crippen molar-refractivity contribution in [3.63, 3.8) is 0 Å². The lowest BCUT2D eigenvalue weighted by atomic mass is 10.4. The minimum Gasteiger partial charge on any atom is -0.354 e. The number of carbonyl (C=O) groups excluding carboxylic acids is 2. The van der Waals surface area contributed by atoms with Gasteiger partial charge in [0.2, 0.25) is 6.41 Å². The highest BCUT2D eigenvalue weighted by Gasteiger charge is 2.14. The Morgan fingerprint density at radius 1 is 1.62 bits per heavy atom. The number of hydrogen-bond donors (Lipinski definition) is 2. The van der Waals surface area contributed by atoms with Gasteiger partial charge in [0.15, 0.2) is 5.69 Å². The lowest BCUT2D eigenvalue weighted by Crippen LogP contribution is -2.19. The first-order chi connectivity index (χ1) is 6.19.